The number of aliphatic hydroxyl groups excluding tert-OH is 1. The minimum atomic E-state index is -5.02. The van der Waals surface area contributed by atoms with E-state index in [-0.39, 0.29) is 25.7 Å². The first kappa shape index (κ1) is 104. The molecule has 0 aliphatic carbocycles. The van der Waals surface area contributed by atoms with Crippen LogP contribution in [-0.4, -0.2) is 96.7 Å². The van der Waals surface area contributed by atoms with E-state index in [0.29, 0.717) is 32.1 Å². The van der Waals surface area contributed by atoms with Gasteiger partial charge < -0.3 is 33.8 Å². The van der Waals surface area contributed by atoms with Gasteiger partial charge in [-0.1, -0.05) is 293 Å². The number of unbranched alkanes of at least 4 members (excludes halogenated alkanes) is 18. The molecule has 0 saturated heterocycles. The van der Waals surface area contributed by atoms with Crippen LogP contribution in [0.2, 0.25) is 0 Å². The lowest BCUT2D eigenvalue weighted by Gasteiger charge is -2.21. The van der Waals surface area contributed by atoms with Crippen LogP contribution in [-0.2, 0) is 65.4 Å². The Bertz CT molecular complexity index is 2850. The predicted molar refractivity (Wildman–Crippen MR) is 454 cm³/mol. The van der Waals surface area contributed by atoms with Gasteiger partial charge in [0.25, 0.3) is 0 Å². The average Bonchev–Trinajstić information content (AvgIpc) is 0.900. The van der Waals surface area contributed by atoms with Gasteiger partial charge in [0.2, 0.25) is 0 Å². The lowest BCUT2D eigenvalue weighted by molar-refractivity contribution is -0.161. The number of esters is 4. The summed E-state index contributed by atoms with van der Waals surface area (Å²) in [5.74, 6) is -2.35. The van der Waals surface area contributed by atoms with Crippen LogP contribution >= 0.6 is 15.6 Å². The van der Waals surface area contributed by atoms with Crippen molar-refractivity contribution in [3.63, 3.8) is 0 Å². The lowest BCUT2D eigenvalue weighted by atomic mass is 10.1. The number of phosphoric acid groups is 2. The van der Waals surface area contributed by atoms with Crippen LogP contribution in [0.15, 0.2) is 194 Å². The van der Waals surface area contributed by atoms with Gasteiger partial charge in [-0.3, -0.25) is 37.3 Å². The van der Waals surface area contributed by atoms with Crippen molar-refractivity contribution < 1.29 is 80.2 Å². The number of rotatable bonds is 76. The van der Waals surface area contributed by atoms with Crippen LogP contribution in [0.1, 0.15) is 297 Å². The van der Waals surface area contributed by atoms with Crippen LogP contribution in [0, 0.1) is 0 Å². The van der Waals surface area contributed by atoms with Crippen molar-refractivity contribution in [3.8, 4) is 0 Å². The van der Waals surface area contributed by atoms with Crippen LogP contribution in [0.3, 0.4) is 0 Å². The van der Waals surface area contributed by atoms with Gasteiger partial charge in [-0.2, -0.15) is 0 Å². The summed E-state index contributed by atoms with van der Waals surface area (Å²) in [7, 11) is -10.0. The Labute approximate surface area is 666 Å². The standard InChI is InChI=1S/C91H146O17P2/c1-5-9-13-17-21-25-29-33-37-40-42-45-49-52-56-60-64-68-72-76-89(94)102-82-87(108-91(96)78-74-70-66-62-58-54-50-46-43-41-38-34-30-26-22-18-14-10-6-2)84-106-110(99,100)104-80-85(92)79-103-109(97,98)105-83-86(107-90(95)77-73-69-65-61-57-53-47-36-32-28-24-20-16-12-8-4)81-101-88(93)75-71-67-63-59-55-51-48-44-39-35-31-27-23-19-15-11-7-3/h9-11,13-15,21-28,33-39,42-43,45-47,52,54,56,58,64,68,85-87,92H,5-8,12,16-20,29-32,40-41,44,48-51,53,55,57,59-63,65-67,69-84H2,1-4H3,(H,97,98)(H,99,100)/b13-9-,14-10-,15-11-,25-21-,26-22-,27-23-,28-24-,37-33-,38-34-,39-35-,45-42-,46-43-,47-36-,56-52-,58-54-,68-64-. The molecule has 5 atom stereocenters. The largest absolute Gasteiger partial charge is 0.472 e. The molecule has 0 aromatic heterocycles. The van der Waals surface area contributed by atoms with Crippen molar-refractivity contribution in [2.45, 2.75) is 316 Å². The van der Waals surface area contributed by atoms with Crippen molar-refractivity contribution in [2.75, 3.05) is 39.6 Å². The third-order valence-electron chi connectivity index (χ3n) is 16.5. The quantitative estimate of drug-likeness (QED) is 0.0169. The summed E-state index contributed by atoms with van der Waals surface area (Å²) in [5, 5.41) is 10.7. The van der Waals surface area contributed by atoms with Gasteiger partial charge in [-0.25, -0.2) is 9.13 Å². The molecule has 0 rings (SSSR count). The Morgan fingerprint density at radius 1 is 0.264 bits per heavy atom. The van der Waals surface area contributed by atoms with E-state index in [9.17, 15) is 43.2 Å². The van der Waals surface area contributed by atoms with E-state index in [1.165, 1.54) is 19.3 Å². The molecule has 110 heavy (non-hydrogen) atoms. The molecule has 0 heterocycles. The minimum Gasteiger partial charge on any atom is -0.462 e. The zero-order valence-corrected chi connectivity index (χ0v) is 69.9. The Kier molecular flexibility index (Phi) is 76.4. The number of carbonyl (C=O) groups excluding carboxylic acids is 4. The second kappa shape index (κ2) is 80.9. The van der Waals surface area contributed by atoms with Gasteiger partial charge in [-0.05, 0) is 173 Å². The van der Waals surface area contributed by atoms with Crippen molar-refractivity contribution in [1.82, 2.24) is 0 Å². The molecule has 19 heteroatoms. The summed E-state index contributed by atoms with van der Waals surface area (Å²) in [5.41, 5.74) is 0. The van der Waals surface area contributed by atoms with E-state index in [4.69, 9.17) is 37.0 Å². The average molecular weight is 1570 g/mol. The molecule has 0 spiro atoms. The number of phosphoric ester groups is 2. The Hall–Kier alpha value is -6.10. The number of ether oxygens (including phenoxy) is 4. The number of allylic oxidation sites excluding steroid dienone is 32. The summed E-state index contributed by atoms with van der Waals surface area (Å²) in [4.78, 5) is 73.2. The van der Waals surface area contributed by atoms with Crippen molar-refractivity contribution in [2.24, 2.45) is 0 Å². The van der Waals surface area contributed by atoms with Crippen LogP contribution in [0.5, 0.6) is 0 Å². The van der Waals surface area contributed by atoms with Gasteiger partial charge in [0.05, 0.1) is 26.4 Å². The molecular weight excluding hydrogens is 1430 g/mol. The second-order valence-electron chi connectivity index (χ2n) is 26.9. The highest BCUT2D eigenvalue weighted by Gasteiger charge is 2.30. The maximum atomic E-state index is 13.1. The fourth-order valence-electron chi connectivity index (χ4n) is 10.3. The van der Waals surface area contributed by atoms with Crippen LogP contribution in [0.25, 0.3) is 0 Å². The molecule has 5 unspecified atom stereocenters. The molecule has 622 valence electrons. The Balaban J connectivity index is 5.52. The Morgan fingerprint density at radius 2 is 0.491 bits per heavy atom. The molecular formula is C91H146O17P2. The predicted octanol–water partition coefficient (Wildman–Crippen LogP) is 24.9. The zero-order valence-electron chi connectivity index (χ0n) is 68.1. The first-order valence-corrected chi connectivity index (χ1v) is 44.7. The van der Waals surface area contributed by atoms with Crippen molar-refractivity contribution >= 4 is 39.5 Å². The summed E-state index contributed by atoms with van der Waals surface area (Å²) in [6, 6.07) is 0. The third kappa shape index (κ3) is 80.0. The van der Waals surface area contributed by atoms with Crippen molar-refractivity contribution in [1.29, 1.82) is 0 Å². The second-order valence-corrected chi connectivity index (χ2v) is 29.8. The third-order valence-corrected chi connectivity index (χ3v) is 18.4. The molecule has 0 aromatic rings. The first-order valence-electron chi connectivity index (χ1n) is 41.7. The minimum absolute atomic E-state index is 0.0204. The highest BCUT2D eigenvalue weighted by Crippen LogP contribution is 2.45. The van der Waals surface area contributed by atoms with Crippen LogP contribution in [0.4, 0.5) is 0 Å². The molecule has 0 bridgehead atoms. The zero-order chi connectivity index (χ0) is 80.3. The smallest absolute Gasteiger partial charge is 0.462 e. The number of carbonyl (C=O) groups is 4. The van der Waals surface area contributed by atoms with E-state index in [1.54, 1.807) is 0 Å². The van der Waals surface area contributed by atoms with E-state index < -0.39 is 97.5 Å². The van der Waals surface area contributed by atoms with Crippen molar-refractivity contribution in [3.05, 3.63) is 194 Å². The highest BCUT2D eigenvalue weighted by molar-refractivity contribution is 7.47. The topological polar surface area (TPSA) is 237 Å². The lowest BCUT2D eigenvalue weighted by Crippen LogP contribution is -2.30. The molecule has 3 N–H and O–H groups in total. The number of aliphatic hydroxyl groups is 1. The fraction of sp³-hybridized carbons (Fsp3) is 0.604. The molecule has 0 aromatic carbocycles. The Morgan fingerprint density at radius 3 is 0.791 bits per heavy atom. The van der Waals surface area contributed by atoms with Gasteiger partial charge in [0.1, 0.15) is 19.3 Å². The number of hydrogen-bond acceptors (Lipinski definition) is 15. The SMILES string of the molecule is CC/C=C\C/C=C\C/C=C\C/C=C\C/C=C\C/C=C\CCC(=O)OCC(COP(=O)(O)OCC(O)COP(=O)(O)OCC(COC(=O)CCCCCCCCC/C=C\C/C=C\C/C=C\CC)OC(=O)CCCCCCC/C=C\C/C=C\CCCCC)OC(=O)CCCCC/C=C\C/C=C\C/C=C\C/C=C\C/C=C\CC. The van der Waals surface area contributed by atoms with Crippen LogP contribution < -0.4 is 0 Å². The number of hydrogen-bond donors (Lipinski definition) is 3. The fourth-order valence-corrected chi connectivity index (χ4v) is 11.9. The maximum Gasteiger partial charge on any atom is 0.472 e. The van der Waals surface area contributed by atoms with Gasteiger partial charge in [-0.15, -0.1) is 0 Å². The summed E-state index contributed by atoms with van der Waals surface area (Å²) >= 11 is 0. The first-order chi connectivity index (χ1) is 53.7. The maximum absolute atomic E-state index is 13.1. The molecule has 0 aliphatic heterocycles. The molecule has 0 radical (unpaired) electrons. The van der Waals surface area contributed by atoms with Gasteiger partial charge in [0, 0.05) is 25.7 Å². The monoisotopic (exact) mass is 1570 g/mol. The molecule has 0 fully saturated rings. The van der Waals surface area contributed by atoms with Gasteiger partial charge >= 0.3 is 39.5 Å². The van der Waals surface area contributed by atoms with E-state index in [0.717, 1.165) is 193 Å². The van der Waals surface area contributed by atoms with E-state index in [2.05, 4.69) is 204 Å². The molecule has 0 amide bonds. The summed E-state index contributed by atoms with van der Waals surface area (Å²) < 4.78 is 68.6. The normalized spacial score (nSPS) is 14.8. The van der Waals surface area contributed by atoms with Gasteiger partial charge in [0.15, 0.2) is 12.2 Å². The molecule has 0 saturated carbocycles. The highest BCUT2D eigenvalue weighted by atomic mass is 31.2. The summed E-state index contributed by atoms with van der Waals surface area (Å²) in [6.07, 6.45) is 99.8. The van der Waals surface area contributed by atoms with E-state index >= 15 is 0 Å². The molecule has 0 aliphatic rings. The molecule has 17 nitrogen and oxygen atoms in total. The summed E-state index contributed by atoms with van der Waals surface area (Å²) in [6.45, 7) is 4.35. The van der Waals surface area contributed by atoms with E-state index in [1.807, 2.05) is 18.2 Å².